The van der Waals surface area contributed by atoms with Crippen molar-refractivity contribution in [2.24, 2.45) is 4.99 Å². The van der Waals surface area contributed by atoms with Gasteiger partial charge in [-0.15, -0.1) is 0 Å². The van der Waals surface area contributed by atoms with Crippen molar-refractivity contribution >= 4 is 5.71 Å². The van der Waals surface area contributed by atoms with Gasteiger partial charge in [0.15, 0.2) is 0 Å². The summed E-state index contributed by atoms with van der Waals surface area (Å²) in [6.45, 7) is 2.68. The van der Waals surface area contributed by atoms with Gasteiger partial charge in [-0.25, -0.2) is 0 Å². The molecule has 1 aliphatic heterocycles. The summed E-state index contributed by atoms with van der Waals surface area (Å²) < 4.78 is 5.19. The van der Waals surface area contributed by atoms with E-state index in [2.05, 4.69) is 9.98 Å². The number of fused-ring (bicyclic) bond motifs is 1. The van der Waals surface area contributed by atoms with Crippen molar-refractivity contribution in [2.75, 3.05) is 7.11 Å². The lowest BCUT2D eigenvalue weighted by Crippen LogP contribution is -1.98. The Kier molecular flexibility index (Phi) is 1.57. The molecule has 1 aromatic heterocycles. The fourth-order valence-electron chi connectivity index (χ4n) is 1.40. The summed E-state index contributed by atoms with van der Waals surface area (Å²) in [6.07, 6.45) is 1.75. The maximum absolute atomic E-state index is 5.19. The fraction of sp³-hybridized carbons (Fsp3) is 0.333. The Morgan fingerprint density at radius 3 is 3.08 bits per heavy atom. The van der Waals surface area contributed by atoms with Crippen LogP contribution in [-0.4, -0.2) is 17.8 Å². The Morgan fingerprint density at radius 2 is 2.33 bits per heavy atom. The van der Waals surface area contributed by atoms with Gasteiger partial charge < -0.3 is 4.74 Å². The van der Waals surface area contributed by atoms with Gasteiger partial charge in [-0.05, 0) is 13.0 Å². The molecule has 62 valence electrons. The first kappa shape index (κ1) is 7.28. The van der Waals surface area contributed by atoms with E-state index in [1.54, 1.807) is 13.3 Å². The van der Waals surface area contributed by atoms with Gasteiger partial charge in [0.2, 0.25) is 0 Å². The largest absolute Gasteiger partial charge is 0.496 e. The van der Waals surface area contributed by atoms with Crippen LogP contribution in [0.1, 0.15) is 18.2 Å². The van der Waals surface area contributed by atoms with Gasteiger partial charge in [-0.2, -0.15) is 0 Å². The predicted molar refractivity (Wildman–Crippen MR) is 46.7 cm³/mol. The molecular weight excluding hydrogens is 152 g/mol. The Bertz CT molecular complexity index is 344. The number of pyridine rings is 1. The summed E-state index contributed by atoms with van der Waals surface area (Å²) in [5, 5.41) is 0. The molecule has 0 spiro atoms. The molecule has 0 N–H and O–H groups in total. The van der Waals surface area contributed by atoms with Crippen LogP contribution >= 0.6 is 0 Å². The van der Waals surface area contributed by atoms with Gasteiger partial charge >= 0.3 is 0 Å². The Morgan fingerprint density at radius 1 is 1.50 bits per heavy atom. The van der Waals surface area contributed by atoms with Crippen LogP contribution < -0.4 is 4.74 Å². The molecule has 0 fully saturated rings. The van der Waals surface area contributed by atoms with E-state index in [4.69, 9.17) is 4.74 Å². The highest BCUT2D eigenvalue weighted by Gasteiger charge is 2.16. The third-order valence-corrected chi connectivity index (χ3v) is 2.05. The summed E-state index contributed by atoms with van der Waals surface area (Å²) >= 11 is 0. The molecule has 0 bridgehead atoms. The van der Waals surface area contributed by atoms with Gasteiger partial charge in [-0.3, -0.25) is 9.98 Å². The molecule has 2 rings (SSSR count). The van der Waals surface area contributed by atoms with Crippen molar-refractivity contribution in [3.63, 3.8) is 0 Å². The van der Waals surface area contributed by atoms with Crippen LogP contribution in [0.2, 0.25) is 0 Å². The number of rotatable bonds is 1. The lowest BCUT2D eigenvalue weighted by molar-refractivity contribution is 0.409. The fourth-order valence-corrected chi connectivity index (χ4v) is 1.40. The normalized spacial score (nSPS) is 14.0. The van der Waals surface area contributed by atoms with E-state index >= 15 is 0 Å². The molecule has 0 saturated carbocycles. The van der Waals surface area contributed by atoms with Crippen LogP contribution in [0.4, 0.5) is 0 Å². The van der Waals surface area contributed by atoms with E-state index in [-0.39, 0.29) is 0 Å². The maximum Gasteiger partial charge on any atom is 0.127 e. The second kappa shape index (κ2) is 2.59. The van der Waals surface area contributed by atoms with E-state index in [1.807, 2.05) is 13.0 Å². The van der Waals surface area contributed by atoms with Crippen LogP contribution in [0, 0.1) is 0 Å². The average molecular weight is 162 g/mol. The van der Waals surface area contributed by atoms with E-state index in [9.17, 15) is 0 Å². The molecule has 12 heavy (non-hydrogen) atoms. The zero-order chi connectivity index (χ0) is 8.55. The first-order chi connectivity index (χ1) is 5.83. The molecule has 1 aliphatic rings. The number of aromatic nitrogens is 1. The standard InChI is InChI=1S/C9H10N2O/c1-6-9-7(5-11-6)8(12-2)3-4-10-9/h3-4H,5H2,1-2H3. The van der Waals surface area contributed by atoms with Gasteiger partial charge in [0.05, 0.1) is 25.1 Å². The van der Waals surface area contributed by atoms with Gasteiger partial charge in [0.1, 0.15) is 5.75 Å². The zero-order valence-electron chi connectivity index (χ0n) is 7.16. The molecule has 0 aliphatic carbocycles. The Balaban J connectivity index is 2.56. The topological polar surface area (TPSA) is 34.5 Å². The molecule has 2 heterocycles. The second-order valence-corrected chi connectivity index (χ2v) is 2.74. The molecule has 0 unspecified atom stereocenters. The molecule has 0 amide bonds. The number of hydrogen-bond acceptors (Lipinski definition) is 3. The molecule has 0 saturated heterocycles. The number of nitrogens with zero attached hydrogens (tertiary/aromatic N) is 2. The lowest BCUT2D eigenvalue weighted by atomic mass is 10.1. The summed E-state index contributed by atoms with van der Waals surface area (Å²) in [5.41, 5.74) is 3.09. The molecule has 0 radical (unpaired) electrons. The van der Waals surface area contributed by atoms with E-state index in [1.165, 1.54) is 0 Å². The van der Waals surface area contributed by atoms with Gasteiger partial charge in [0, 0.05) is 11.8 Å². The minimum absolute atomic E-state index is 0.707. The molecule has 1 aromatic rings. The zero-order valence-corrected chi connectivity index (χ0v) is 7.16. The van der Waals surface area contributed by atoms with Gasteiger partial charge in [-0.1, -0.05) is 0 Å². The quantitative estimate of drug-likeness (QED) is 0.625. The third-order valence-electron chi connectivity index (χ3n) is 2.05. The SMILES string of the molecule is COc1ccnc2c1CN=C2C. The van der Waals surface area contributed by atoms with E-state index in [0.717, 1.165) is 22.7 Å². The second-order valence-electron chi connectivity index (χ2n) is 2.74. The number of methoxy groups -OCH3 is 1. The summed E-state index contributed by atoms with van der Waals surface area (Å²) in [4.78, 5) is 8.52. The first-order valence-electron chi connectivity index (χ1n) is 3.86. The molecule has 3 heteroatoms. The number of ether oxygens (including phenoxy) is 1. The van der Waals surface area contributed by atoms with Crippen molar-refractivity contribution in [3.05, 3.63) is 23.5 Å². The number of hydrogen-bond donors (Lipinski definition) is 0. The summed E-state index contributed by atoms with van der Waals surface area (Å²) in [5.74, 6) is 0.889. The van der Waals surface area contributed by atoms with E-state index in [0.29, 0.717) is 6.54 Å². The van der Waals surface area contributed by atoms with Crippen LogP contribution in [-0.2, 0) is 6.54 Å². The van der Waals surface area contributed by atoms with E-state index < -0.39 is 0 Å². The van der Waals surface area contributed by atoms with Crippen LogP contribution in [0.15, 0.2) is 17.3 Å². The molecule has 0 atom stereocenters. The van der Waals surface area contributed by atoms with Gasteiger partial charge in [0.25, 0.3) is 0 Å². The van der Waals surface area contributed by atoms with Crippen molar-refractivity contribution in [3.8, 4) is 5.75 Å². The van der Waals surface area contributed by atoms with Crippen molar-refractivity contribution < 1.29 is 4.74 Å². The van der Waals surface area contributed by atoms with Crippen molar-refractivity contribution in [1.29, 1.82) is 0 Å². The summed E-state index contributed by atoms with van der Waals surface area (Å²) in [6, 6.07) is 1.87. The summed E-state index contributed by atoms with van der Waals surface area (Å²) in [7, 11) is 1.67. The molecule has 3 nitrogen and oxygen atoms in total. The molecular formula is C9H10N2O. The van der Waals surface area contributed by atoms with Crippen molar-refractivity contribution in [2.45, 2.75) is 13.5 Å². The van der Waals surface area contributed by atoms with Crippen molar-refractivity contribution in [1.82, 2.24) is 4.98 Å². The highest BCUT2D eigenvalue weighted by molar-refractivity contribution is 6.00. The Hall–Kier alpha value is -1.38. The predicted octanol–water partition coefficient (Wildman–Crippen LogP) is 1.41. The minimum atomic E-state index is 0.707. The van der Waals surface area contributed by atoms with Crippen LogP contribution in [0.3, 0.4) is 0 Å². The lowest BCUT2D eigenvalue weighted by Gasteiger charge is -2.04. The monoisotopic (exact) mass is 162 g/mol. The van der Waals surface area contributed by atoms with Crippen LogP contribution in [0.25, 0.3) is 0 Å². The maximum atomic E-state index is 5.19. The highest BCUT2D eigenvalue weighted by atomic mass is 16.5. The highest BCUT2D eigenvalue weighted by Crippen LogP contribution is 2.25. The van der Waals surface area contributed by atoms with Crippen LogP contribution in [0.5, 0.6) is 5.75 Å². The smallest absolute Gasteiger partial charge is 0.127 e. The minimum Gasteiger partial charge on any atom is -0.496 e. The first-order valence-corrected chi connectivity index (χ1v) is 3.86. The molecule has 0 aromatic carbocycles. The third kappa shape index (κ3) is 0.897. The average Bonchev–Trinajstić information content (AvgIpc) is 2.48. The Labute approximate surface area is 71.1 Å². The number of aliphatic imine (C=N–C) groups is 1.